The zero-order chi connectivity index (χ0) is 13.1. The van der Waals surface area contributed by atoms with E-state index in [1.165, 1.54) is 12.8 Å². The van der Waals surface area contributed by atoms with Crippen LogP contribution in [0.1, 0.15) is 33.6 Å². The maximum absolute atomic E-state index is 11.9. The molecule has 1 aliphatic rings. The van der Waals surface area contributed by atoms with Crippen molar-refractivity contribution in [3.05, 3.63) is 0 Å². The quantitative estimate of drug-likeness (QED) is 0.572. The zero-order valence-electron chi connectivity index (χ0n) is 11.1. The van der Waals surface area contributed by atoms with Gasteiger partial charge in [-0.2, -0.15) is 0 Å². The first-order valence-electron chi connectivity index (χ1n) is 5.96. The lowest BCUT2D eigenvalue weighted by Gasteiger charge is -2.19. The highest BCUT2D eigenvalue weighted by Crippen LogP contribution is 2.18. The Morgan fingerprint density at radius 3 is 2.35 bits per heavy atom. The van der Waals surface area contributed by atoms with E-state index < -0.39 is 14.6 Å². The minimum Gasteiger partial charge on any atom is -0.355 e. The van der Waals surface area contributed by atoms with Crippen molar-refractivity contribution in [3.8, 4) is 0 Å². The summed E-state index contributed by atoms with van der Waals surface area (Å²) in [5, 5.41) is 6.24. The lowest BCUT2D eigenvalue weighted by Crippen LogP contribution is -2.42. The average Bonchev–Trinajstić information content (AvgIpc) is 2.98. The maximum Gasteiger partial charge on any atom is 0.191 e. The van der Waals surface area contributed by atoms with Crippen LogP contribution < -0.4 is 10.6 Å². The Balaban J connectivity index is 2.36. The van der Waals surface area contributed by atoms with E-state index in [2.05, 4.69) is 15.6 Å². The Kier molecular flexibility index (Phi) is 4.41. The number of nitrogens with one attached hydrogen (secondary N) is 2. The normalized spacial score (nSPS) is 18.0. The van der Waals surface area contributed by atoms with Gasteiger partial charge in [-0.15, -0.1) is 0 Å². The average molecular weight is 261 g/mol. The standard InChI is InChI=1S/C11H23N3O2S/c1-11(2,3)17(15,16)8-7-13-10(12-4)14-9-5-6-9/h9H,5-8H2,1-4H3,(H2,12,13,14). The first-order chi connectivity index (χ1) is 7.76. The van der Waals surface area contributed by atoms with Crippen LogP contribution >= 0.6 is 0 Å². The van der Waals surface area contributed by atoms with Gasteiger partial charge in [0.1, 0.15) is 0 Å². The molecule has 0 aromatic rings. The van der Waals surface area contributed by atoms with Crippen molar-refractivity contribution >= 4 is 15.8 Å². The number of nitrogens with zero attached hydrogens (tertiary/aromatic N) is 1. The van der Waals surface area contributed by atoms with Crippen LogP contribution in [0.4, 0.5) is 0 Å². The molecule has 0 spiro atoms. The van der Waals surface area contributed by atoms with Crippen molar-refractivity contribution in [2.75, 3.05) is 19.3 Å². The molecule has 0 saturated heterocycles. The molecule has 100 valence electrons. The molecule has 0 atom stereocenters. The Morgan fingerprint density at radius 2 is 1.94 bits per heavy atom. The fraction of sp³-hybridized carbons (Fsp3) is 0.909. The Bertz CT molecular complexity index is 378. The summed E-state index contributed by atoms with van der Waals surface area (Å²) in [4.78, 5) is 4.05. The number of hydrogen-bond donors (Lipinski definition) is 2. The van der Waals surface area contributed by atoms with Crippen molar-refractivity contribution in [2.45, 2.75) is 44.4 Å². The van der Waals surface area contributed by atoms with Crippen LogP contribution in [0.5, 0.6) is 0 Å². The molecule has 1 aliphatic carbocycles. The zero-order valence-corrected chi connectivity index (χ0v) is 11.9. The third-order valence-electron chi connectivity index (χ3n) is 2.74. The van der Waals surface area contributed by atoms with Crippen molar-refractivity contribution in [2.24, 2.45) is 4.99 Å². The summed E-state index contributed by atoms with van der Waals surface area (Å²) in [5.74, 6) is 0.818. The fourth-order valence-electron chi connectivity index (χ4n) is 1.23. The smallest absolute Gasteiger partial charge is 0.191 e. The third kappa shape index (κ3) is 4.53. The molecular weight excluding hydrogens is 238 g/mol. The Hall–Kier alpha value is -0.780. The highest BCUT2D eigenvalue weighted by Gasteiger charge is 2.28. The molecule has 6 heteroatoms. The highest BCUT2D eigenvalue weighted by molar-refractivity contribution is 7.92. The van der Waals surface area contributed by atoms with Gasteiger partial charge in [0.2, 0.25) is 0 Å². The predicted molar refractivity (Wildman–Crippen MR) is 71.1 cm³/mol. The van der Waals surface area contributed by atoms with Crippen molar-refractivity contribution in [1.82, 2.24) is 10.6 Å². The first kappa shape index (κ1) is 14.3. The molecular formula is C11H23N3O2S. The lowest BCUT2D eigenvalue weighted by molar-refractivity contribution is 0.559. The van der Waals surface area contributed by atoms with Crippen LogP contribution in [-0.2, 0) is 9.84 Å². The van der Waals surface area contributed by atoms with Gasteiger partial charge >= 0.3 is 0 Å². The van der Waals surface area contributed by atoms with Crippen LogP contribution in [0, 0.1) is 0 Å². The number of guanidine groups is 1. The topological polar surface area (TPSA) is 70.6 Å². The fourth-order valence-corrected chi connectivity index (χ4v) is 2.21. The van der Waals surface area contributed by atoms with E-state index in [0.29, 0.717) is 18.5 Å². The molecule has 0 bridgehead atoms. The molecule has 0 radical (unpaired) electrons. The summed E-state index contributed by atoms with van der Waals surface area (Å²) < 4.78 is 23.0. The van der Waals surface area contributed by atoms with Crippen LogP contribution in [0.15, 0.2) is 4.99 Å². The van der Waals surface area contributed by atoms with E-state index in [9.17, 15) is 8.42 Å². The van der Waals surface area contributed by atoms with Gasteiger partial charge in [0, 0.05) is 19.6 Å². The van der Waals surface area contributed by atoms with E-state index in [1.807, 2.05) is 0 Å². The highest BCUT2D eigenvalue weighted by atomic mass is 32.2. The number of rotatable bonds is 4. The summed E-state index contributed by atoms with van der Waals surface area (Å²) >= 11 is 0. The number of hydrogen-bond acceptors (Lipinski definition) is 3. The second-order valence-electron chi connectivity index (χ2n) is 5.35. The van der Waals surface area contributed by atoms with E-state index in [-0.39, 0.29) is 5.75 Å². The lowest BCUT2D eigenvalue weighted by atomic mass is 10.3. The van der Waals surface area contributed by atoms with Gasteiger partial charge in [-0.25, -0.2) is 8.42 Å². The minimum atomic E-state index is -3.06. The molecule has 0 aromatic heterocycles. The number of aliphatic imine (C=N–C) groups is 1. The van der Waals surface area contributed by atoms with Gasteiger partial charge < -0.3 is 10.6 Å². The Labute approximate surface area is 104 Å². The summed E-state index contributed by atoms with van der Waals surface area (Å²) in [5.41, 5.74) is 0. The summed E-state index contributed by atoms with van der Waals surface area (Å²) in [7, 11) is -1.37. The van der Waals surface area contributed by atoms with Gasteiger partial charge in [-0.05, 0) is 33.6 Å². The molecule has 1 fully saturated rings. The molecule has 1 saturated carbocycles. The van der Waals surface area contributed by atoms with E-state index in [4.69, 9.17) is 0 Å². The summed E-state index contributed by atoms with van der Waals surface area (Å²) in [6, 6.07) is 0.514. The van der Waals surface area contributed by atoms with Gasteiger partial charge in [0.15, 0.2) is 15.8 Å². The SMILES string of the molecule is CN=C(NCCS(=O)(=O)C(C)(C)C)NC1CC1. The molecule has 1 rings (SSSR count). The minimum absolute atomic E-state index is 0.127. The molecule has 0 aliphatic heterocycles. The Morgan fingerprint density at radius 1 is 1.35 bits per heavy atom. The van der Waals surface area contributed by atoms with E-state index >= 15 is 0 Å². The monoisotopic (exact) mass is 261 g/mol. The predicted octanol–water partition coefficient (Wildman–Crippen LogP) is 0.527. The van der Waals surface area contributed by atoms with Crippen molar-refractivity contribution in [3.63, 3.8) is 0 Å². The van der Waals surface area contributed by atoms with Crippen LogP contribution in [0.3, 0.4) is 0 Å². The first-order valence-corrected chi connectivity index (χ1v) is 7.61. The molecule has 0 heterocycles. The van der Waals surface area contributed by atoms with Crippen molar-refractivity contribution < 1.29 is 8.42 Å². The van der Waals surface area contributed by atoms with Crippen LogP contribution in [-0.4, -0.2) is 44.5 Å². The van der Waals surface area contributed by atoms with Gasteiger partial charge in [-0.3, -0.25) is 4.99 Å². The molecule has 2 N–H and O–H groups in total. The summed E-state index contributed by atoms with van der Waals surface area (Å²) in [6.07, 6.45) is 2.34. The second kappa shape index (κ2) is 5.25. The summed E-state index contributed by atoms with van der Waals surface area (Å²) in [6.45, 7) is 5.56. The van der Waals surface area contributed by atoms with E-state index in [1.54, 1.807) is 27.8 Å². The maximum atomic E-state index is 11.9. The largest absolute Gasteiger partial charge is 0.355 e. The molecule has 0 unspecified atom stereocenters. The molecule has 0 aromatic carbocycles. The number of sulfone groups is 1. The van der Waals surface area contributed by atoms with Gasteiger partial charge in [0.05, 0.1) is 10.5 Å². The van der Waals surface area contributed by atoms with Crippen LogP contribution in [0.25, 0.3) is 0 Å². The molecule has 0 amide bonds. The van der Waals surface area contributed by atoms with Crippen molar-refractivity contribution in [1.29, 1.82) is 0 Å². The van der Waals surface area contributed by atoms with Gasteiger partial charge in [0.25, 0.3) is 0 Å². The second-order valence-corrected chi connectivity index (χ2v) is 8.21. The molecule has 5 nitrogen and oxygen atoms in total. The van der Waals surface area contributed by atoms with E-state index in [0.717, 1.165) is 0 Å². The molecule has 17 heavy (non-hydrogen) atoms. The van der Waals surface area contributed by atoms with Crippen LogP contribution in [0.2, 0.25) is 0 Å². The third-order valence-corrected chi connectivity index (χ3v) is 5.35. The van der Waals surface area contributed by atoms with Gasteiger partial charge in [-0.1, -0.05) is 0 Å².